The number of ether oxygens (including phenoxy) is 1. The smallest absolute Gasteiger partial charge is 0.420 e. The van der Waals surface area contributed by atoms with Crippen molar-refractivity contribution >= 4 is 15.7 Å². The molecule has 0 spiro atoms. The van der Waals surface area contributed by atoms with Crippen LogP contribution < -0.4 is 9.46 Å². The molecule has 0 atom stereocenters. The van der Waals surface area contributed by atoms with Gasteiger partial charge in [0.15, 0.2) is 17.5 Å². The maximum absolute atomic E-state index is 13.6. The second-order valence-corrected chi connectivity index (χ2v) is 6.34. The number of halogens is 6. The Morgan fingerprint density at radius 2 is 1.64 bits per heavy atom. The summed E-state index contributed by atoms with van der Waals surface area (Å²) in [6.45, 7) is 0. The van der Waals surface area contributed by atoms with Crippen LogP contribution in [0.4, 0.5) is 32.0 Å². The van der Waals surface area contributed by atoms with Gasteiger partial charge in [0.1, 0.15) is 10.6 Å². The van der Waals surface area contributed by atoms with Crippen molar-refractivity contribution in [1.82, 2.24) is 0 Å². The highest BCUT2D eigenvalue weighted by atomic mass is 32.2. The first-order chi connectivity index (χ1) is 11.5. The van der Waals surface area contributed by atoms with E-state index in [1.165, 1.54) is 0 Å². The second-order valence-electron chi connectivity index (χ2n) is 4.69. The molecule has 0 saturated carbocycles. The van der Waals surface area contributed by atoms with Gasteiger partial charge in [0.05, 0.1) is 12.7 Å². The molecule has 0 bridgehead atoms. The Morgan fingerprint density at radius 3 is 2.20 bits per heavy atom. The highest BCUT2D eigenvalue weighted by Gasteiger charge is 2.35. The van der Waals surface area contributed by atoms with Crippen LogP contribution in [0, 0.1) is 17.5 Å². The maximum atomic E-state index is 13.6. The van der Waals surface area contributed by atoms with Gasteiger partial charge in [-0.25, -0.2) is 21.6 Å². The molecular formula is C14H9F6NO3S. The summed E-state index contributed by atoms with van der Waals surface area (Å²) in [5.74, 6) is -6.18. The molecule has 0 radical (unpaired) electrons. The fraction of sp³-hybridized carbons (Fsp3) is 0.143. The normalized spacial score (nSPS) is 12.1. The van der Waals surface area contributed by atoms with Gasteiger partial charge in [-0.3, -0.25) is 4.72 Å². The molecule has 0 fully saturated rings. The van der Waals surface area contributed by atoms with Gasteiger partial charge in [0.2, 0.25) is 0 Å². The lowest BCUT2D eigenvalue weighted by atomic mass is 10.1. The SMILES string of the molecule is COc1ccc(NS(=O)(=O)c2ccc(F)c(F)c2F)cc1C(F)(F)F. The molecule has 25 heavy (non-hydrogen) atoms. The van der Waals surface area contributed by atoms with Crippen molar-refractivity contribution in [3.05, 3.63) is 53.3 Å². The van der Waals surface area contributed by atoms with Crippen LogP contribution in [0.3, 0.4) is 0 Å². The highest BCUT2D eigenvalue weighted by molar-refractivity contribution is 7.92. The Morgan fingerprint density at radius 1 is 1.00 bits per heavy atom. The van der Waals surface area contributed by atoms with E-state index in [1.54, 1.807) is 4.72 Å². The van der Waals surface area contributed by atoms with Crippen LogP contribution in [-0.2, 0) is 16.2 Å². The van der Waals surface area contributed by atoms with E-state index in [-0.39, 0.29) is 0 Å². The Balaban J connectivity index is 2.47. The van der Waals surface area contributed by atoms with Crippen molar-refractivity contribution in [3.8, 4) is 5.75 Å². The van der Waals surface area contributed by atoms with Crippen LogP contribution in [0.1, 0.15) is 5.56 Å². The minimum atomic E-state index is -4.85. The van der Waals surface area contributed by atoms with E-state index in [4.69, 9.17) is 0 Å². The number of nitrogens with one attached hydrogen (secondary N) is 1. The number of sulfonamides is 1. The summed E-state index contributed by atoms with van der Waals surface area (Å²) < 4.78 is 109. The minimum absolute atomic E-state index is 0.377. The number of hydrogen-bond donors (Lipinski definition) is 1. The molecule has 0 aliphatic carbocycles. The van der Waals surface area contributed by atoms with Crippen molar-refractivity contribution < 1.29 is 39.5 Å². The minimum Gasteiger partial charge on any atom is -0.496 e. The first-order valence-electron chi connectivity index (χ1n) is 6.39. The van der Waals surface area contributed by atoms with Crippen molar-refractivity contribution in [2.24, 2.45) is 0 Å². The van der Waals surface area contributed by atoms with E-state index < -0.39 is 55.5 Å². The summed E-state index contributed by atoms with van der Waals surface area (Å²) in [6, 6.07) is 3.03. The number of alkyl halides is 3. The molecule has 0 aliphatic rings. The number of anilines is 1. The van der Waals surface area contributed by atoms with Crippen LogP contribution in [-0.4, -0.2) is 15.5 Å². The molecule has 0 amide bonds. The third-order valence-electron chi connectivity index (χ3n) is 3.05. The lowest BCUT2D eigenvalue weighted by molar-refractivity contribution is -0.138. The summed E-state index contributed by atoms with van der Waals surface area (Å²) in [4.78, 5) is -1.25. The zero-order valence-electron chi connectivity index (χ0n) is 12.3. The first kappa shape index (κ1) is 18.9. The average Bonchev–Trinajstić information content (AvgIpc) is 2.51. The van der Waals surface area contributed by atoms with Crippen molar-refractivity contribution in [2.45, 2.75) is 11.1 Å². The predicted molar refractivity (Wildman–Crippen MR) is 75.1 cm³/mol. The van der Waals surface area contributed by atoms with Gasteiger partial charge in [0.25, 0.3) is 10.0 Å². The fourth-order valence-electron chi connectivity index (χ4n) is 1.92. The van der Waals surface area contributed by atoms with Gasteiger partial charge in [-0.15, -0.1) is 0 Å². The number of hydrogen-bond acceptors (Lipinski definition) is 3. The lowest BCUT2D eigenvalue weighted by Crippen LogP contribution is -2.17. The first-order valence-corrected chi connectivity index (χ1v) is 7.87. The molecule has 0 heterocycles. The predicted octanol–water partition coefficient (Wildman–Crippen LogP) is 3.93. The van der Waals surface area contributed by atoms with E-state index in [0.29, 0.717) is 18.2 Å². The van der Waals surface area contributed by atoms with Gasteiger partial charge in [-0.2, -0.15) is 13.2 Å². The van der Waals surface area contributed by atoms with Crippen molar-refractivity contribution in [2.75, 3.05) is 11.8 Å². The Kier molecular flexibility index (Phi) is 4.89. The molecule has 0 saturated heterocycles. The standard InChI is InChI=1S/C14H9F6NO3S/c1-24-10-4-2-7(6-8(10)14(18,19)20)21-25(22,23)11-5-3-9(15)12(16)13(11)17/h2-6,21H,1H3. The van der Waals surface area contributed by atoms with E-state index in [1.807, 2.05) is 0 Å². The number of rotatable bonds is 4. The molecule has 0 aromatic heterocycles. The number of benzene rings is 2. The molecule has 0 aliphatic heterocycles. The summed E-state index contributed by atoms with van der Waals surface area (Å²) in [5.41, 5.74) is -1.85. The zero-order chi connectivity index (χ0) is 19.0. The molecular weight excluding hydrogens is 376 g/mol. The molecule has 1 N–H and O–H groups in total. The number of methoxy groups -OCH3 is 1. The van der Waals surface area contributed by atoms with Crippen LogP contribution in [0.15, 0.2) is 35.2 Å². The Bertz CT molecular complexity index is 912. The molecule has 4 nitrogen and oxygen atoms in total. The van der Waals surface area contributed by atoms with Gasteiger partial charge >= 0.3 is 6.18 Å². The van der Waals surface area contributed by atoms with Crippen LogP contribution in [0.2, 0.25) is 0 Å². The van der Waals surface area contributed by atoms with Gasteiger partial charge in [-0.1, -0.05) is 0 Å². The molecule has 2 aromatic carbocycles. The molecule has 136 valence electrons. The largest absolute Gasteiger partial charge is 0.496 e. The van der Waals surface area contributed by atoms with Crippen LogP contribution in [0.25, 0.3) is 0 Å². The molecule has 0 unspecified atom stereocenters. The summed E-state index contributed by atoms with van der Waals surface area (Å²) >= 11 is 0. The van der Waals surface area contributed by atoms with Gasteiger partial charge < -0.3 is 4.74 Å². The van der Waals surface area contributed by atoms with E-state index in [9.17, 15) is 34.8 Å². The van der Waals surface area contributed by atoms with Gasteiger partial charge in [0, 0.05) is 5.69 Å². The molecule has 11 heteroatoms. The monoisotopic (exact) mass is 385 g/mol. The van der Waals surface area contributed by atoms with Crippen LogP contribution >= 0.6 is 0 Å². The quantitative estimate of drug-likeness (QED) is 0.641. The maximum Gasteiger partial charge on any atom is 0.420 e. The second kappa shape index (κ2) is 6.47. The summed E-state index contributed by atoms with van der Waals surface area (Å²) in [6.07, 6.45) is -4.85. The van der Waals surface area contributed by atoms with E-state index in [0.717, 1.165) is 19.2 Å². The average molecular weight is 385 g/mol. The molecule has 2 aromatic rings. The third-order valence-corrected chi connectivity index (χ3v) is 4.45. The highest BCUT2D eigenvalue weighted by Crippen LogP contribution is 2.38. The van der Waals surface area contributed by atoms with E-state index >= 15 is 0 Å². The van der Waals surface area contributed by atoms with Crippen molar-refractivity contribution in [1.29, 1.82) is 0 Å². The summed E-state index contributed by atoms with van der Waals surface area (Å²) in [7, 11) is -3.81. The molecule has 2 rings (SSSR count). The van der Waals surface area contributed by atoms with Gasteiger partial charge in [-0.05, 0) is 30.3 Å². The lowest BCUT2D eigenvalue weighted by Gasteiger charge is -2.15. The zero-order valence-corrected chi connectivity index (χ0v) is 13.1. The summed E-state index contributed by atoms with van der Waals surface area (Å²) in [5, 5.41) is 0. The van der Waals surface area contributed by atoms with Crippen LogP contribution in [0.5, 0.6) is 5.75 Å². The Labute approximate surface area is 138 Å². The Hall–Kier alpha value is -2.43. The van der Waals surface area contributed by atoms with E-state index in [2.05, 4.69) is 4.74 Å². The topological polar surface area (TPSA) is 55.4 Å². The fourth-order valence-corrected chi connectivity index (χ4v) is 3.04. The third kappa shape index (κ3) is 3.81. The van der Waals surface area contributed by atoms with Crippen molar-refractivity contribution in [3.63, 3.8) is 0 Å².